The van der Waals surface area contributed by atoms with Crippen LogP contribution in [0.15, 0.2) is 6.20 Å². The highest BCUT2D eigenvalue weighted by atomic mass is 35.5. The van der Waals surface area contributed by atoms with Gasteiger partial charge in [-0.05, 0) is 0 Å². The van der Waals surface area contributed by atoms with E-state index >= 15 is 0 Å². The molecule has 0 saturated heterocycles. The highest BCUT2D eigenvalue weighted by Gasteiger charge is 2.36. The molecule has 1 rings (SSSR count). The molecule has 1 heterocycles. The minimum atomic E-state index is -5.20. The minimum absolute atomic E-state index is 0.553. The summed E-state index contributed by atoms with van der Waals surface area (Å²) in [5.41, 5.74) is -2.41. The maximum Gasteiger partial charge on any atom is 0.573 e. The van der Waals surface area contributed by atoms with Crippen molar-refractivity contribution in [1.29, 1.82) is 0 Å². The molecule has 4 nitrogen and oxygen atoms in total. The van der Waals surface area contributed by atoms with Crippen molar-refractivity contribution >= 4 is 17.6 Å². The zero-order valence-electron chi connectivity index (χ0n) is 9.80. The van der Waals surface area contributed by atoms with Crippen molar-refractivity contribution in [3.8, 4) is 5.75 Å². The van der Waals surface area contributed by atoms with Crippen LogP contribution in [0.3, 0.4) is 0 Å². The van der Waals surface area contributed by atoms with Crippen LogP contribution in [0.2, 0.25) is 0 Å². The Morgan fingerprint density at radius 1 is 1.45 bits per heavy atom. The second-order valence-corrected chi connectivity index (χ2v) is 3.61. The van der Waals surface area contributed by atoms with Gasteiger partial charge in [0.2, 0.25) is 0 Å². The molecule has 10 heteroatoms. The van der Waals surface area contributed by atoms with Crippen LogP contribution in [0.25, 0.3) is 0 Å². The molecule has 0 amide bonds. The molecular weight excluding hydrogens is 313 g/mol. The van der Waals surface area contributed by atoms with Crippen LogP contribution in [0.4, 0.5) is 22.0 Å². The molecule has 0 aromatic carbocycles. The smallest absolute Gasteiger partial charge is 0.464 e. The van der Waals surface area contributed by atoms with E-state index in [2.05, 4.69) is 14.5 Å². The number of pyridine rings is 1. The van der Waals surface area contributed by atoms with Crippen LogP contribution in [0.5, 0.6) is 5.75 Å². The van der Waals surface area contributed by atoms with Gasteiger partial charge < -0.3 is 9.47 Å². The van der Waals surface area contributed by atoms with E-state index < -0.39 is 47.2 Å². The molecule has 0 radical (unpaired) electrons. The molecule has 1 aromatic heterocycles. The molecule has 1 aromatic rings. The summed E-state index contributed by atoms with van der Waals surface area (Å²) in [6, 6.07) is 0. The molecule has 0 bridgehead atoms. The molecule has 0 spiro atoms. The number of alkyl halides is 6. The van der Waals surface area contributed by atoms with Gasteiger partial charge in [-0.25, -0.2) is 18.6 Å². The minimum Gasteiger partial charge on any atom is -0.464 e. The number of nitrogens with zero attached hydrogens (tertiary/aromatic N) is 1. The fourth-order valence-corrected chi connectivity index (χ4v) is 1.61. The molecule has 20 heavy (non-hydrogen) atoms. The Balaban J connectivity index is 3.51. The lowest BCUT2D eigenvalue weighted by molar-refractivity contribution is -0.275. The number of carbonyl (C=O) groups is 1. The van der Waals surface area contributed by atoms with Crippen molar-refractivity contribution in [3.63, 3.8) is 0 Å². The average Bonchev–Trinajstić information content (AvgIpc) is 2.35. The molecule has 0 aliphatic rings. The maximum atomic E-state index is 12.7. The Hall–Kier alpha value is -1.64. The third-order valence-electron chi connectivity index (χ3n) is 2.14. The van der Waals surface area contributed by atoms with E-state index in [0.717, 1.165) is 7.11 Å². The van der Waals surface area contributed by atoms with E-state index in [1.165, 1.54) is 0 Å². The number of carbonyl (C=O) groups excluding carboxylic acids is 1. The van der Waals surface area contributed by atoms with Gasteiger partial charge in [-0.2, -0.15) is 0 Å². The quantitative estimate of drug-likeness (QED) is 0.484. The summed E-state index contributed by atoms with van der Waals surface area (Å²) >= 11 is 5.37. The Kier molecular flexibility index (Phi) is 5.09. The fourth-order valence-electron chi connectivity index (χ4n) is 1.34. The summed E-state index contributed by atoms with van der Waals surface area (Å²) < 4.78 is 70.1. The average molecular weight is 320 g/mol. The lowest BCUT2D eigenvalue weighted by Crippen LogP contribution is -2.22. The molecule has 0 unspecified atom stereocenters. The normalized spacial score (nSPS) is 11.6. The summed E-state index contributed by atoms with van der Waals surface area (Å²) in [5.74, 6) is -3.17. The number of methoxy groups -OCH3 is 1. The van der Waals surface area contributed by atoms with Crippen molar-refractivity contribution < 1.29 is 36.2 Å². The number of rotatable bonds is 4. The lowest BCUT2D eigenvalue weighted by atomic mass is 10.1. The second kappa shape index (κ2) is 6.21. The zero-order chi connectivity index (χ0) is 15.5. The largest absolute Gasteiger partial charge is 0.573 e. The van der Waals surface area contributed by atoms with Crippen LogP contribution in [-0.2, 0) is 10.6 Å². The highest BCUT2D eigenvalue weighted by Crippen LogP contribution is 2.36. The number of hydrogen-bond acceptors (Lipinski definition) is 4. The first kappa shape index (κ1) is 16.4. The third-order valence-corrected chi connectivity index (χ3v) is 2.40. The monoisotopic (exact) mass is 319 g/mol. The maximum absolute atomic E-state index is 12.7. The standard InChI is InChI=1S/C10H7ClF5NO3/c1-19-9(18)6-7(20-10(14,15)16)4(2-11)5(3-17-6)8(12)13/h3,8H,2H2,1H3. The number of hydrogen-bond donors (Lipinski definition) is 0. The van der Waals surface area contributed by atoms with Crippen molar-refractivity contribution in [1.82, 2.24) is 4.98 Å². The van der Waals surface area contributed by atoms with Crippen LogP contribution in [-0.4, -0.2) is 24.4 Å². The van der Waals surface area contributed by atoms with Gasteiger partial charge in [-0.3, -0.25) is 0 Å². The highest BCUT2D eigenvalue weighted by molar-refractivity contribution is 6.17. The van der Waals surface area contributed by atoms with Crippen molar-refractivity contribution in [2.45, 2.75) is 18.7 Å². The molecule has 112 valence electrons. The first-order valence-corrected chi connectivity index (χ1v) is 5.44. The second-order valence-electron chi connectivity index (χ2n) is 3.34. The topological polar surface area (TPSA) is 48.4 Å². The van der Waals surface area contributed by atoms with E-state index in [-0.39, 0.29) is 0 Å². The third kappa shape index (κ3) is 3.69. The molecule has 0 atom stereocenters. The van der Waals surface area contributed by atoms with E-state index in [0.29, 0.717) is 6.20 Å². The SMILES string of the molecule is COC(=O)c1ncc(C(F)F)c(CCl)c1OC(F)(F)F. The van der Waals surface area contributed by atoms with Gasteiger partial charge in [0, 0.05) is 17.3 Å². The summed E-state index contributed by atoms with van der Waals surface area (Å²) in [7, 11) is 0.892. The summed E-state index contributed by atoms with van der Waals surface area (Å²) in [5, 5.41) is 0. The number of halogens is 6. The van der Waals surface area contributed by atoms with Crippen molar-refractivity contribution in [3.05, 3.63) is 23.0 Å². The van der Waals surface area contributed by atoms with Gasteiger partial charge in [-0.15, -0.1) is 24.8 Å². The first-order valence-electron chi connectivity index (χ1n) is 4.91. The Morgan fingerprint density at radius 3 is 2.45 bits per heavy atom. The predicted octanol–water partition coefficient (Wildman–Crippen LogP) is 3.44. The summed E-state index contributed by atoms with van der Waals surface area (Å²) in [4.78, 5) is 14.5. The van der Waals surface area contributed by atoms with Gasteiger partial charge >= 0.3 is 12.3 Å². The van der Waals surface area contributed by atoms with E-state index in [9.17, 15) is 26.7 Å². The van der Waals surface area contributed by atoms with E-state index in [1.54, 1.807) is 0 Å². The van der Waals surface area contributed by atoms with Crippen LogP contribution >= 0.6 is 11.6 Å². The van der Waals surface area contributed by atoms with E-state index in [4.69, 9.17) is 11.6 Å². The first-order chi connectivity index (χ1) is 9.21. The van der Waals surface area contributed by atoms with Crippen LogP contribution < -0.4 is 4.74 Å². The molecule has 0 fully saturated rings. The van der Waals surface area contributed by atoms with Crippen molar-refractivity contribution in [2.75, 3.05) is 7.11 Å². The van der Waals surface area contributed by atoms with E-state index in [1.807, 2.05) is 0 Å². The Bertz CT molecular complexity index is 506. The molecule has 0 aliphatic heterocycles. The molecule has 0 N–H and O–H groups in total. The summed E-state index contributed by atoms with van der Waals surface area (Å²) in [6.07, 6.45) is -7.78. The van der Waals surface area contributed by atoms with Gasteiger partial charge in [0.05, 0.1) is 13.0 Å². The Morgan fingerprint density at radius 2 is 2.05 bits per heavy atom. The van der Waals surface area contributed by atoms with Crippen LogP contribution in [0.1, 0.15) is 28.0 Å². The van der Waals surface area contributed by atoms with Crippen molar-refractivity contribution in [2.24, 2.45) is 0 Å². The molecule has 0 saturated carbocycles. The zero-order valence-corrected chi connectivity index (χ0v) is 10.6. The summed E-state index contributed by atoms with van der Waals surface area (Å²) in [6.45, 7) is 0. The van der Waals surface area contributed by atoms with Crippen LogP contribution in [0, 0.1) is 0 Å². The predicted molar refractivity (Wildman–Crippen MR) is 56.8 cm³/mol. The number of ether oxygens (including phenoxy) is 2. The molecule has 0 aliphatic carbocycles. The fraction of sp³-hybridized carbons (Fsp3) is 0.400. The number of esters is 1. The van der Waals surface area contributed by atoms with Gasteiger partial charge in [0.1, 0.15) is 0 Å². The van der Waals surface area contributed by atoms with Gasteiger partial charge in [0.15, 0.2) is 11.4 Å². The molecular formula is C10H7ClF5NO3. The Labute approximate surface area is 114 Å². The van der Waals surface area contributed by atoms with Gasteiger partial charge in [0.25, 0.3) is 6.43 Å². The lowest BCUT2D eigenvalue weighted by Gasteiger charge is -2.17. The van der Waals surface area contributed by atoms with Gasteiger partial charge in [-0.1, -0.05) is 0 Å². The number of aromatic nitrogens is 1.